The van der Waals surface area contributed by atoms with Gasteiger partial charge in [-0.1, -0.05) is 81.4 Å². The Balaban J connectivity index is 1.89. The lowest BCUT2D eigenvalue weighted by Gasteiger charge is -2.33. The van der Waals surface area contributed by atoms with E-state index in [1.165, 1.54) is 4.90 Å². The normalized spacial score (nSPS) is 15.5. The Kier molecular flexibility index (Phi) is 10.3. The molecule has 0 aliphatic heterocycles. The third kappa shape index (κ3) is 8.60. The van der Waals surface area contributed by atoms with Crippen molar-refractivity contribution in [1.82, 2.24) is 10.2 Å². The average Bonchev–Trinajstić information content (AvgIpc) is 2.87. The van der Waals surface area contributed by atoms with Crippen molar-refractivity contribution in [2.45, 2.75) is 83.8 Å². The first kappa shape index (κ1) is 31.2. The molecule has 0 radical (unpaired) electrons. The van der Waals surface area contributed by atoms with Crippen molar-refractivity contribution in [2.24, 2.45) is 0 Å². The molecule has 1 unspecified atom stereocenters. The van der Waals surface area contributed by atoms with Crippen LogP contribution >= 0.6 is 23.2 Å². The Morgan fingerprint density at radius 2 is 1.62 bits per heavy atom. The molecule has 2 amide bonds. The van der Waals surface area contributed by atoms with Crippen LogP contribution in [0.4, 0.5) is 5.69 Å². The molecule has 1 N–H and O–H groups in total. The summed E-state index contributed by atoms with van der Waals surface area (Å²) >= 11 is 12.3. The largest absolute Gasteiger partial charge is 0.352 e. The van der Waals surface area contributed by atoms with Crippen LogP contribution in [0.25, 0.3) is 0 Å². The number of amides is 2. The highest BCUT2D eigenvalue weighted by Gasteiger charge is 2.31. The molecule has 0 aromatic heterocycles. The van der Waals surface area contributed by atoms with Crippen LogP contribution < -0.4 is 9.62 Å². The number of hydrogen-bond donors (Lipinski definition) is 1. The van der Waals surface area contributed by atoms with Gasteiger partial charge in [0.1, 0.15) is 12.6 Å². The van der Waals surface area contributed by atoms with Gasteiger partial charge in [0, 0.05) is 12.6 Å². The molecule has 39 heavy (non-hydrogen) atoms. The molecule has 1 aliphatic rings. The van der Waals surface area contributed by atoms with E-state index < -0.39 is 28.5 Å². The monoisotopic (exact) mass is 595 g/mol. The number of sulfonamides is 1. The van der Waals surface area contributed by atoms with Crippen LogP contribution in [0.5, 0.6) is 0 Å². The van der Waals surface area contributed by atoms with Crippen LogP contribution in [0.15, 0.2) is 42.5 Å². The van der Waals surface area contributed by atoms with Crippen LogP contribution in [-0.2, 0) is 31.6 Å². The molecule has 1 aliphatic carbocycles. The molecular formula is C29H39Cl2N3O4S. The first-order valence-electron chi connectivity index (χ1n) is 13.3. The van der Waals surface area contributed by atoms with Gasteiger partial charge in [-0.2, -0.15) is 0 Å². The minimum atomic E-state index is -3.80. The highest BCUT2D eigenvalue weighted by Crippen LogP contribution is 2.27. The van der Waals surface area contributed by atoms with Gasteiger partial charge in [-0.25, -0.2) is 8.42 Å². The summed E-state index contributed by atoms with van der Waals surface area (Å²) in [6.07, 6.45) is 6.16. The van der Waals surface area contributed by atoms with E-state index in [2.05, 4.69) is 26.1 Å². The van der Waals surface area contributed by atoms with E-state index in [0.29, 0.717) is 21.3 Å². The minimum absolute atomic E-state index is 0.0650. The second-order valence-electron chi connectivity index (χ2n) is 11.4. The summed E-state index contributed by atoms with van der Waals surface area (Å²) in [4.78, 5) is 28.4. The Bertz CT molecular complexity index is 1270. The predicted octanol–water partition coefficient (Wildman–Crippen LogP) is 5.92. The number of anilines is 1. The van der Waals surface area contributed by atoms with Gasteiger partial charge in [0.2, 0.25) is 21.8 Å². The van der Waals surface area contributed by atoms with Gasteiger partial charge in [0.15, 0.2) is 0 Å². The first-order chi connectivity index (χ1) is 18.2. The number of halogens is 2. The van der Waals surface area contributed by atoms with Gasteiger partial charge in [0.25, 0.3) is 0 Å². The summed E-state index contributed by atoms with van der Waals surface area (Å²) in [6, 6.07) is 11.4. The van der Waals surface area contributed by atoms with Gasteiger partial charge in [0.05, 0.1) is 22.0 Å². The van der Waals surface area contributed by atoms with Crippen LogP contribution in [-0.4, -0.2) is 50.0 Å². The van der Waals surface area contributed by atoms with Gasteiger partial charge in [-0.05, 0) is 60.6 Å². The summed E-state index contributed by atoms with van der Waals surface area (Å²) < 4.78 is 26.7. The fraction of sp³-hybridized carbons (Fsp3) is 0.517. The van der Waals surface area contributed by atoms with Crippen molar-refractivity contribution in [3.8, 4) is 0 Å². The second kappa shape index (κ2) is 12.9. The molecule has 0 spiro atoms. The van der Waals surface area contributed by atoms with E-state index in [-0.39, 0.29) is 23.9 Å². The number of nitrogens with one attached hydrogen (secondary N) is 1. The molecule has 0 heterocycles. The lowest BCUT2D eigenvalue weighted by molar-refractivity contribution is -0.139. The quantitative estimate of drug-likeness (QED) is 0.389. The van der Waals surface area contributed by atoms with Crippen molar-refractivity contribution >= 4 is 50.7 Å². The van der Waals surface area contributed by atoms with Gasteiger partial charge < -0.3 is 10.2 Å². The Morgan fingerprint density at radius 1 is 1.00 bits per heavy atom. The first-order valence-corrected chi connectivity index (χ1v) is 15.9. The fourth-order valence-electron chi connectivity index (χ4n) is 4.73. The molecule has 7 nitrogen and oxygen atoms in total. The molecule has 0 saturated heterocycles. The number of carbonyl (C=O) groups is 2. The maximum absolute atomic E-state index is 13.8. The van der Waals surface area contributed by atoms with Crippen molar-refractivity contribution in [2.75, 3.05) is 17.1 Å². The molecule has 3 rings (SSSR count). The van der Waals surface area contributed by atoms with Crippen molar-refractivity contribution in [1.29, 1.82) is 0 Å². The summed E-state index contributed by atoms with van der Waals surface area (Å²) in [6.45, 7) is 7.49. The highest BCUT2D eigenvalue weighted by molar-refractivity contribution is 7.92. The molecule has 0 bridgehead atoms. The second-order valence-corrected chi connectivity index (χ2v) is 14.1. The third-order valence-corrected chi connectivity index (χ3v) is 9.04. The Hall–Kier alpha value is -2.29. The summed E-state index contributed by atoms with van der Waals surface area (Å²) in [5, 5.41) is 3.79. The number of benzene rings is 2. The molecule has 1 fully saturated rings. The number of nitrogens with zero attached hydrogens (tertiary/aromatic N) is 2. The standard InChI is InChI=1S/C29H39Cl2N3O4S/c1-20(28(36)32-23-9-7-6-8-10-23)33(18-21-11-16-25(30)26(31)17-21)27(35)19-34(39(5,37)38)24-14-12-22(13-15-24)29(2,3)4/h11-17,20,23H,6-10,18-19H2,1-5H3,(H,32,36). The summed E-state index contributed by atoms with van der Waals surface area (Å²) in [7, 11) is -3.80. The smallest absolute Gasteiger partial charge is 0.244 e. The fourth-order valence-corrected chi connectivity index (χ4v) is 5.90. The molecule has 10 heteroatoms. The van der Waals surface area contributed by atoms with Crippen molar-refractivity contribution < 1.29 is 18.0 Å². The molecule has 1 saturated carbocycles. The van der Waals surface area contributed by atoms with Gasteiger partial charge >= 0.3 is 0 Å². The van der Waals surface area contributed by atoms with Crippen LogP contribution in [0.2, 0.25) is 10.0 Å². The zero-order valence-electron chi connectivity index (χ0n) is 23.3. The lowest BCUT2D eigenvalue weighted by Crippen LogP contribution is -2.53. The average molecular weight is 597 g/mol. The van der Waals surface area contributed by atoms with Crippen LogP contribution in [0.3, 0.4) is 0 Å². The zero-order chi connectivity index (χ0) is 29.0. The Labute approximate surface area is 242 Å². The molecule has 1 atom stereocenters. The van der Waals surface area contributed by atoms with E-state index in [1.54, 1.807) is 37.3 Å². The van der Waals surface area contributed by atoms with E-state index in [0.717, 1.165) is 48.2 Å². The number of hydrogen-bond acceptors (Lipinski definition) is 4. The number of rotatable bonds is 9. The maximum Gasteiger partial charge on any atom is 0.244 e. The SMILES string of the molecule is CC(C(=O)NC1CCCCC1)N(Cc1ccc(Cl)c(Cl)c1)C(=O)CN(c1ccc(C(C)(C)C)cc1)S(C)(=O)=O. The maximum atomic E-state index is 13.8. The van der Waals surface area contributed by atoms with Crippen LogP contribution in [0, 0.1) is 0 Å². The minimum Gasteiger partial charge on any atom is -0.352 e. The Morgan fingerprint density at radius 3 is 2.15 bits per heavy atom. The summed E-state index contributed by atoms with van der Waals surface area (Å²) in [5.74, 6) is -0.770. The third-order valence-electron chi connectivity index (χ3n) is 7.16. The molecule has 2 aromatic rings. The van der Waals surface area contributed by atoms with Gasteiger partial charge in [-0.3, -0.25) is 13.9 Å². The van der Waals surface area contributed by atoms with Crippen molar-refractivity contribution in [3.05, 3.63) is 63.6 Å². The molecule has 214 valence electrons. The summed E-state index contributed by atoms with van der Waals surface area (Å²) in [5.41, 5.74) is 1.99. The van der Waals surface area contributed by atoms with Crippen LogP contribution in [0.1, 0.15) is 70.9 Å². The van der Waals surface area contributed by atoms with E-state index in [1.807, 2.05) is 12.1 Å². The van der Waals surface area contributed by atoms with E-state index in [4.69, 9.17) is 23.2 Å². The van der Waals surface area contributed by atoms with E-state index in [9.17, 15) is 18.0 Å². The zero-order valence-corrected chi connectivity index (χ0v) is 25.7. The topological polar surface area (TPSA) is 86.8 Å². The van der Waals surface area contributed by atoms with E-state index >= 15 is 0 Å². The van der Waals surface area contributed by atoms with Gasteiger partial charge in [-0.15, -0.1) is 0 Å². The predicted molar refractivity (Wildman–Crippen MR) is 159 cm³/mol. The number of carbonyl (C=O) groups excluding carboxylic acids is 2. The highest BCUT2D eigenvalue weighted by atomic mass is 35.5. The van der Waals surface area contributed by atoms with Crippen molar-refractivity contribution in [3.63, 3.8) is 0 Å². The molecular weight excluding hydrogens is 557 g/mol. The lowest BCUT2D eigenvalue weighted by atomic mass is 9.87. The molecule has 2 aromatic carbocycles.